The molecule has 2 rings (SSSR count). The smallest absolute Gasteiger partial charge is 0.0768 e. The maximum atomic E-state index is 5.69. The number of nitrogens with zero attached hydrogens (tertiary/aromatic N) is 1. The summed E-state index contributed by atoms with van der Waals surface area (Å²) in [5.74, 6) is 1.35. The van der Waals surface area contributed by atoms with E-state index >= 15 is 0 Å². The lowest BCUT2D eigenvalue weighted by atomic mass is 9.85. The maximum Gasteiger partial charge on any atom is 0.0768 e. The number of fused-ring (bicyclic) bond motifs is 1. The van der Waals surface area contributed by atoms with Crippen LogP contribution in [0.4, 0.5) is 0 Å². The van der Waals surface area contributed by atoms with Gasteiger partial charge in [0, 0.05) is 18.5 Å². The molecule has 3 unspecified atom stereocenters. The molecule has 2 fully saturated rings. The molecule has 0 spiro atoms. The Balaban J connectivity index is 1.90. The molecular weight excluding hydrogens is 204 g/mol. The second-order valence-corrected chi connectivity index (χ2v) is 5.67. The number of hydrogen-bond acceptors (Lipinski definition) is 2. The van der Waals surface area contributed by atoms with Gasteiger partial charge in [-0.15, -0.1) is 0 Å². The molecular formula is C12H22N2S. The third kappa shape index (κ3) is 2.51. The number of rotatable bonds is 3. The Labute approximate surface area is 98.2 Å². The van der Waals surface area contributed by atoms with Crippen LogP contribution < -0.4 is 5.73 Å². The van der Waals surface area contributed by atoms with Crippen LogP contribution >= 0.6 is 12.2 Å². The fraction of sp³-hybridized carbons (Fsp3) is 0.917. The Bertz CT molecular complexity index is 242. The number of thiocarbonyl (C=S) groups is 1. The molecule has 1 aliphatic heterocycles. The first-order chi connectivity index (χ1) is 7.18. The molecule has 0 radical (unpaired) electrons. The highest BCUT2D eigenvalue weighted by molar-refractivity contribution is 7.80. The van der Waals surface area contributed by atoms with Gasteiger partial charge in [-0.3, -0.25) is 4.90 Å². The van der Waals surface area contributed by atoms with Crippen LogP contribution in [-0.2, 0) is 0 Å². The zero-order valence-corrected chi connectivity index (χ0v) is 10.4. The summed E-state index contributed by atoms with van der Waals surface area (Å²) in [6.07, 6.45) is 7.10. The molecule has 1 saturated carbocycles. The average Bonchev–Trinajstić information content (AvgIpc) is 2.62. The SMILES string of the molecule is CC(CN1CCC2CCCCC21)C(N)=S. The second kappa shape index (κ2) is 4.79. The zero-order valence-electron chi connectivity index (χ0n) is 9.61. The summed E-state index contributed by atoms with van der Waals surface area (Å²) < 4.78 is 0. The quantitative estimate of drug-likeness (QED) is 0.748. The first-order valence-corrected chi connectivity index (χ1v) is 6.62. The Kier molecular flexibility index (Phi) is 3.62. The summed E-state index contributed by atoms with van der Waals surface area (Å²) in [6.45, 7) is 4.50. The summed E-state index contributed by atoms with van der Waals surface area (Å²) in [4.78, 5) is 3.31. The van der Waals surface area contributed by atoms with Crippen LogP contribution in [0.1, 0.15) is 39.0 Å². The van der Waals surface area contributed by atoms with E-state index in [1.165, 1.54) is 38.6 Å². The topological polar surface area (TPSA) is 29.3 Å². The molecule has 15 heavy (non-hydrogen) atoms. The number of hydrogen-bond donors (Lipinski definition) is 1. The molecule has 1 saturated heterocycles. The van der Waals surface area contributed by atoms with E-state index in [2.05, 4.69) is 11.8 Å². The van der Waals surface area contributed by atoms with Crippen LogP contribution in [0.3, 0.4) is 0 Å². The van der Waals surface area contributed by atoms with Gasteiger partial charge >= 0.3 is 0 Å². The number of likely N-dealkylation sites (tertiary alicyclic amines) is 1. The lowest BCUT2D eigenvalue weighted by Crippen LogP contribution is -2.39. The molecule has 2 nitrogen and oxygen atoms in total. The Morgan fingerprint density at radius 3 is 2.87 bits per heavy atom. The third-order valence-electron chi connectivity index (χ3n) is 4.12. The van der Waals surface area contributed by atoms with Crippen molar-refractivity contribution in [2.45, 2.75) is 45.1 Å². The fourth-order valence-electron chi connectivity index (χ4n) is 3.17. The van der Waals surface area contributed by atoms with Gasteiger partial charge in [0.15, 0.2) is 0 Å². The first-order valence-electron chi connectivity index (χ1n) is 6.22. The minimum absolute atomic E-state index is 0.376. The van der Waals surface area contributed by atoms with Gasteiger partial charge in [0.05, 0.1) is 4.99 Å². The van der Waals surface area contributed by atoms with Crippen molar-refractivity contribution in [1.29, 1.82) is 0 Å². The van der Waals surface area contributed by atoms with Gasteiger partial charge in [-0.05, 0) is 31.7 Å². The van der Waals surface area contributed by atoms with Gasteiger partial charge in [-0.1, -0.05) is 32.0 Å². The van der Waals surface area contributed by atoms with Crippen LogP contribution in [0.25, 0.3) is 0 Å². The van der Waals surface area contributed by atoms with Crippen molar-refractivity contribution in [3.8, 4) is 0 Å². The average molecular weight is 226 g/mol. The van der Waals surface area contributed by atoms with E-state index in [1.807, 2.05) is 0 Å². The highest BCUT2D eigenvalue weighted by Gasteiger charge is 2.35. The molecule has 3 heteroatoms. The summed E-state index contributed by atoms with van der Waals surface area (Å²) in [6, 6.07) is 0.843. The first kappa shape index (κ1) is 11.3. The second-order valence-electron chi connectivity index (χ2n) is 5.20. The van der Waals surface area contributed by atoms with E-state index in [1.54, 1.807) is 0 Å². The van der Waals surface area contributed by atoms with E-state index in [0.29, 0.717) is 10.9 Å². The van der Waals surface area contributed by atoms with Gasteiger partial charge in [0.25, 0.3) is 0 Å². The molecule has 86 valence electrons. The summed E-state index contributed by atoms with van der Waals surface area (Å²) >= 11 is 5.05. The van der Waals surface area contributed by atoms with Crippen LogP contribution in [0.15, 0.2) is 0 Å². The minimum atomic E-state index is 0.376. The predicted molar refractivity (Wildman–Crippen MR) is 67.9 cm³/mol. The van der Waals surface area contributed by atoms with Gasteiger partial charge < -0.3 is 5.73 Å². The summed E-state index contributed by atoms with van der Waals surface area (Å²) in [5.41, 5.74) is 5.69. The van der Waals surface area contributed by atoms with E-state index < -0.39 is 0 Å². The molecule has 3 atom stereocenters. The molecule has 0 aromatic heterocycles. The molecule has 0 aromatic rings. The van der Waals surface area contributed by atoms with Crippen LogP contribution in [0, 0.1) is 11.8 Å². The molecule has 1 aliphatic carbocycles. The summed E-state index contributed by atoms with van der Waals surface area (Å²) in [5, 5.41) is 0. The van der Waals surface area contributed by atoms with Crippen LogP contribution in [0.5, 0.6) is 0 Å². The van der Waals surface area contributed by atoms with E-state index in [4.69, 9.17) is 18.0 Å². The lowest BCUT2D eigenvalue weighted by Gasteiger charge is -2.33. The Hall–Kier alpha value is -0.150. The lowest BCUT2D eigenvalue weighted by molar-refractivity contribution is 0.175. The van der Waals surface area contributed by atoms with Crippen LogP contribution in [0.2, 0.25) is 0 Å². The predicted octanol–water partition coefficient (Wildman–Crippen LogP) is 2.17. The molecule has 2 N–H and O–H groups in total. The third-order valence-corrected chi connectivity index (χ3v) is 4.52. The van der Waals surface area contributed by atoms with Crippen molar-refractivity contribution in [3.63, 3.8) is 0 Å². The normalized spacial score (nSPS) is 33.7. The maximum absolute atomic E-state index is 5.69. The van der Waals surface area contributed by atoms with Gasteiger partial charge in [-0.25, -0.2) is 0 Å². The Morgan fingerprint density at radius 1 is 1.40 bits per heavy atom. The van der Waals surface area contributed by atoms with Gasteiger partial charge in [-0.2, -0.15) is 0 Å². The largest absolute Gasteiger partial charge is 0.393 e. The van der Waals surface area contributed by atoms with E-state index in [0.717, 1.165) is 18.5 Å². The Morgan fingerprint density at radius 2 is 2.13 bits per heavy atom. The van der Waals surface area contributed by atoms with Crippen molar-refractivity contribution < 1.29 is 0 Å². The molecule has 0 amide bonds. The van der Waals surface area contributed by atoms with Crippen molar-refractivity contribution in [2.75, 3.05) is 13.1 Å². The standard InChI is InChI=1S/C12H22N2S/c1-9(12(13)15)8-14-7-6-10-4-2-3-5-11(10)14/h9-11H,2-8H2,1H3,(H2,13,15). The molecule has 0 aromatic carbocycles. The zero-order chi connectivity index (χ0) is 10.8. The van der Waals surface area contributed by atoms with E-state index in [9.17, 15) is 0 Å². The number of nitrogens with two attached hydrogens (primary N) is 1. The van der Waals surface area contributed by atoms with Crippen molar-refractivity contribution in [2.24, 2.45) is 17.6 Å². The van der Waals surface area contributed by atoms with E-state index in [-0.39, 0.29) is 0 Å². The van der Waals surface area contributed by atoms with Gasteiger partial charge in [0.2, 0.25) is 0 Å². The summed E-state index contributed by atoms with van der Waals surface area (Å²) in [7, 11) is 0. The van der Waals surface area contributed by atoms with Gasteiger partial charge in [0.1, 0.15) is 0 Å². The minimum Gasteiger partial charge on any atom is -0.393 e. The highest BCUT2D eigenvalue weighted by Crippen LogP contribution is 2.36. The monoisotopic (exact) mass is 226 g/mol. The van der Waals surface area contributed by atoms with Crippen molar-refractivity contribution in [1.82, 2.24) is 4.90 Å². The molecule has 1 heterocycles. The van der Waals surface area contributed by atoms with Crippen molar-refractivity contribution in [3.05, 3.63) is 0 Å². The van der Waals surface area contributed by atoms with Crippen molar-refractivity contribution >= 4 is 17.2 Å². The molecule has 0 bridgehead atoms. The van der Waals surface area contributed by atoms with Crippen LogP contribution in [-0.4, -0.2) is 29.0 Å². The molecule has 2 aliphatic rings. The highest BCUT2D eigenvalue weighted by atomic mass is 32.1. The fourth-order valence-corrected chi connectivity index (χ4v) is 3.25.